The maximum Gasteiger partial charge on any atom is 0.253 e. The first-order chi connectivity index (χ1) is 16.1. The molecule has 0 spiro atoms. The molecule has 33 heavy (non-hydrogen) atoms. The Morgan fingerprint density at radius 3 is 2.36 bits per heavy atom. The van der Waals surface area contributed by atoms with Gasteiger partial charge in [-0.05, 0) is 49.7 Å². The number of carbonyl (C=O) groups is 1. The molecule has 1 amide bonds. The van der Waals surface area contributed by atoms with E-state index in [-0.39, 0.29) is 5.91 Å². The maximum absolute atomic E-state index is 13.3. The molecule has 1 aliphatic rings. The minimum atomic E-state index is 0.110. The highest BCUT2D eigenvalue weighted by Gasteiger charge is 2.23. The molecular weight excluding hydrogens is 428 g/mol. The summed E-state index contributed by atoms with van der Waals surface area (Å²) < 4.78 is 5.85. The van der Waals surface area contributed by atoms with E-state index in [1.165, 1.54) is 16.0 Å². The number of nitrogens with zero attached hydrogens (tertiary/aromatic N) is 2. The van der Waals surface area contributed by atoms with Crippen LogP contribution in [0.4, 0.5) is 0 Å². The van der Waals surface area contributed by atoms with E-state index in [1.807, 2.05) is 36.1 Å². The lowest BCUT2D eigenvalue weighted by Crippen LogP contribution is -2.48. The van der Waals surface area contributed by atoms with Crippen molar-refractivity contribution in [1.82, 2.24) is 9.80 Å². The van der Waals surface area contributed by atoms with E-state index in [1.54, 1.807) is 11.8 Å². The first-order valence-electron chi connectivity index (χ1n) is 11.6. The molecule has 1 heterocycles. The number of thioether (sulfide) groups is 1. The standard InChI is InChI=1S/C28H32N2O2S/c1-3-32-27-14-11-24(19-25(27)21-33-26-12-9-22(2)10-13-26)28(31)30-17-15-29(16-18-30)20-23-7-5-4-6-8-23/h4-14,19H,3,15-18,20-21H2,1-2H3. The zero-order chi connectivity index (χ0) is 23.0. The van der Waals surface area contributed by atoms with Crippen molar-refractivity contribution in [3.8, 4) is 5.75 Å². The highest BCUT2D eigenvalue weighted by Crippen LogP contribution is 2.30. The molecule has 0 aromatic heterocycles. The minimum Gasteiger partial charge on any atom is -0.494 e. The summed E-state index contributed by atoms with van der Waals surface area (Å²) in [5.74, 6) is 1.74. The summed E-state index contributed by atoms with van der Waals surface area (Å²) in [6.45, 7) is 8.94. The average Bonchev–Trinajstić information content (AvgIpc) is 2.85. The lowest BCUT2D eigenvalue weighted by Gasteiger charge is -2.35. The summed E-state index contributed by atoms with van der Waals surface area (Å²) in [6.07, 6.45) is 0. The molecule has 0 radical (unpaired) electrons. The predicted molar refractivity (Wildman–Crippen MR) is 136 cm³/mol. The molecule has 0 aliphatic carbocycles. The fourth-order valence-corrected chi connectivity index (χ4v) is 4.93. The zero-order valence-electron chi connectivity index (χ0n) is 19.5. The second-order valence-corrected chi connectivity index (χ2v) is 9.46. The van der Waals surface area contributed by atoms with Gasteiger partial charge in [-0.3, -0.25) is 9.69 Å². The fourth-order valence-electron chi connectivity index (χ4n) is 4.05. The van der Waals surface area contributed by atoms with E-state index >= 15 is 0 Å². The molecule has 0 N–H and O–H groups in total. The number of piperazine rings is 1. The second-order valence-electron chi connectivity index (χ2n) is 8.41. The Morgan fingerprint density at radius 1 is 0.939 bits per heavy atom. The molecule has 1 fully saturated rings. The maximum atomic E-state index is 13.3. The largest absolute Gasteiger partial charge is 0.494 e. The van der Waals surface area contributed by atoms with Crippen LogP contribution in [0.5, 0.6) is 5.75 Å². The van der Waals surface area contributed by atoms with Crippen LogP contribution in [0.3, 0.4) is 0 Å². The Balaban J connectivity index is 1.39. The van der Waals surface area contributed by atoms with E-state index in [9.17, 15) is 4.79 Å². The van der Waals surface area contributed by atoms with Crippen LogP contribution in [0, 0.1) is 6.92 Å². The Labute approximate surface area is 201 Å². The van der Waals surface area contributed by atoms with Gasteiger partial charge in [0.1, 0.15) is 5.75 Å². The molecule has 4 nitrogen and oxygen atoms in total. The summed E-state index contributed by atoms with van der Waals surface area (Å²) >= 11 is 1.77. The molecule has 0 unspecified atom stereocenters. The van der Waals surface area contributed by atoms with Crippen molar-refractivity contribution in [2.45, 2.75) is 31.0 Å². The first kappa shape index (κ1) is 23.4. The van der Waals surface area contributed by atoms with Crippen LogP contribution in [0.2, 0.25) is 0 Å². The monoisotopic (exact) mass is 460 g/mol. The van der Waals surface area contributed by atoms with Gasteiger partial charge < -0.3 is 9.64 Å². The SMILES string of the molecule is CCOc1ccc(C(=O)N2CCN(Cc3ccccc3)CC2)cc1CSc1ccc(C)cc1. The topological polar surface area (TPSA) is 32.8 Å². The van der Waals surface area contributed by atoms with E-state index in [0.29, 0.717) is 6.61 Å². The summed E-state index contributed by atoms with van der Waals surface area (Å²) in [4.78, 5) is 18.9. The fraction of sp³-hybridized carbons (Fsp3) is 0.321. The quantitative estimate of drug-likeness (QED) is 0.407. The summed E-state index contributed by atoms with van der Waals surface area (Å²) in [5.41, 5.74) is 4.38. The number of benzene rings is 3. The van der Waals surface area contributed by atoms with Crippen molar-refractivity contribution < 1.29 is 9.53 Å². The lowest BCUT2D eigenvalue weighted by atomic mass is 10.1. The van der Waals surface area contributed by atoms with Gasteiger partial charge in [-0.15, -0.1) is 11.8 Å². The Kier molecular flexibility index (Phi) is 8.08. The van der Waals surface area contributed by atoms with Gasteiger partial charge >= 0.3 is 0 Å². The van der Waals surface area contributed by atoms with E-state index in [2.05, 4.69) is 60.4 Å². The van der Waals surface area contributed by atoms with Crippen LogP contribution < -0.4 is 4.74 Å². The molecule has 0 atom stereocenters. The molecule has 3 aromatic carbocycles. The number of hydrogen-bond donors (Lipinski definition) is 0. The number of hydrogen-bond acceptors (Lipinski definition) is 4. The van der Waals surface area contributed by atoms with Gasteiger partial charge in [-0.25, -0.2) is 0 Å². The number of rotatable bonds is 8. The van der Waals surface area contributed by atoms with Crippen LogP contribution in [0.1, 0.15) is 34.0 Å². The van der Waals surface area contributed by atoms with Crippen molar-refractivity contribution in [2.24, 2.45) is 0 Å². The van der Waals surface area contributed by atoms with Crippen LogP contribution in [0.15, 0.2) is 77.7 Å². The highest BCUT2D eigenvalue weighted by atomic mass is 32.2. The van der Waals surface area contributed by atoms with Crippen molar-refractivity contribution in [2.75, 3.05) is 32.8 Å². The van der Waals surface area contributed by atoms with E-state index in [0.717, 1.165) is 55.4 Å². The molecule has 1 saturated heterocycles. The van der Waals surface area contributed by atoms with Crippen LogP contribution in [-0.2, 0) is 12.3 Å². The van der Waals surface area contributed by atoms with Crippen LogP contribution >= 0.6 is 11.8 Å². The zero-order valence-corrected chi connectivity index (χ0v) is 20.3. The Bertz CT molecular complexity index is 1050. The summed E-state index contributed by atoms with van der Waals surface area (Å²) in [6, 6.07) is 24.9. The first-order valence-corrected chi connectivity index (χ1v) is 12.6. The molecule has 3 aromatic rings. The Hall–Kier alpha value is -2.76. The third kappa shape index (κ3) is 6.40. The van der Waals surface area contributed by atoms with Crippen LogP contribution in [0.25, 0.3) is 0 Å². The van der Waals surface area contributed by atoms with Crippen molar-refractivity contribution >= 4 is 17.7 Å². The number of aryl methyl sites for hydroxylation is 1. The predicted octanol–water partition coefficient (Wildman–Crippen LogP) is 5.64. The van der Waals surface area contributed by atoms with Gasteiger partial charge in [0.2, 0.25) is 0 Å². The third-order valence-corrected chi connectivity index (χ3v) is 6.99. The molecule has 5 heteroatoms. The normalized spacial score (nSPS) is 14.3. The van der Waals surface area contributed by atoms with Gasteiger partial charge in [0.05, 0.1) is 6.61 Å². The van der Waals surface area contributed by atoms with Gasteiger partial charge in [0, 0.05) is 54.5 Å². The number of carbonyl (C=O) groups excluding carboxylic acids is 1. The molecule has 172 valence electrons. The number of ether oxygens (including phenoxy) is 1. The van der Waals surface area contributed by atoms with Gasteiger partial charge in [-0.2, -0.15) is 0 Å². The van der Waals surface area contributed by atoms with Gasteiger partial charge in [-0.1, -0.05) is 48.0 Å². The molecule has 4 rings (SSSR count). The third-order valence-electron chi connectivity index (χ3n) is 5.93. The smallest absolute Gasteiger partial charge is 0.253 e. The van der Waals surface area contributed by atoms with Crippen molar-refractivity contribution in [3.05, 3.63) is 95.1 Å². The van der Waals surface area contributed by atoms with E-state index < -0.39 is 0 Å². The van der Waals surface area contributed by atoms with Crippen molar-refractivity contribution in [1.29, 1.82) is 0 Å². The lowest BCUT2D eigenvalue weighted by molar-refractivity contribution is 0.0628. The summed E-state index contributed by atoms with van der Waals surface area (Å²) in [7, 11) is 0. The molecule has 1 aliphatic heterocycles. The molecule has 0 bridgehead atoms. The second kappa shape index (κ2) is 11.4. The van der Waals surface area contributed by atoms with Crippen molar-refractivity contribution in [3.63, 3.8) is 0 Å². The van der Waals surface area contributed by atoms with Crippen LogP contribution in [-0.4, -0.2) is 48.5 Å². The van der Waals surface area contributed by atoms with Gasteiger partial charge in [0.15, 0.2) is 0 Å². The van der Waals surface area contributed by atoms with E-state index in [4.69, 9.17) is 4.74 Å². The van der Waals surface area contributed by atoms with Gasteiger partial charge in [0.25, 0.3) is 5.91 Å². The molecule has 0 saturated carbocycles. The highest BCUT2D eigenvalue weighted by molar-refractivity contribution is 7.98. The summed E-state index contributed by atoms with van der Waals surface area (Å²) in [5, 5.41) is 0. The minimum absolute atomic E-state index is 0.110. The Morgan fingerprint density at radius 2 is 1.67 bits per heavy atom. The molecular formula is C28H32N2O2S. The number of amides is 1. The average molecular weight is 461 g/mol.